The Balaban J connectivity index is 1.77. The van der Waals surface area contributed by atoms with E-state index in [-0.39, 0.29) is 5.91 Å². The average Bonchev–Trinajstić information content (AvgIpc) is 3.00. The number of hydrogen-bond donors (Lipinski definition) is 0. The molecule has 1 atom stereocenters. The molecule has 4 heteroatoms. The first-order chi connectivity index (χ1) is 10.1. The van der Waals surface area contributed by atoms with E-state index in [1.54, 1.807) is 0 Å². The maximum Gasteiger partial charge on any atom is 0.255 e. The minimum Gasteiger partial charge on any atom is -0.338 e. The molecule has 2 aromatic rings. The predicted octanol–water partition coefficient (Wildman–Crippen LogP) is 4.84. The Labute approximate surface area is 141 Å². The fourth-order valence-corrected chi connectivity index (χ4v) is 3.55. The second-order valence-electron chi connectivity index (χ2n) is 5.27. The summed E-state index contributed by atoms with van der Waals surface area (Å²) in [4.78, 5) is 14.6. The number of halogens is 2. The highest BCUT2D eigenvalue weighted by Crippen LogP contribution is 2.30. The van der Waals surface area contributed by atoms with Crippen molar-refractivity contribution in [1.29, 1.82) is 0 Å². The molecule has 0 radical (unpaired) electrons. The molecular weight excluding hydrogens is 394 g/mol. The van der Waals surface area contributed by atoms with Crippen LogP contribution >= 0.6 is 31.9 Å². The zero-order valence-corrected chi connectivity index (χ0v) is 14.6. The highest BCUT2D eigenvalue weighted by Gasteiger charge is 2.28. The maximum atomic E-state index is 12.7. The van der Waals surface area contributed by atoms with Gasteiger partial charge in [-0.15, -0.1) is 0 Å². The van der Waals surface area contributed by atoms with Gasteiger partial charge in [0.15, 0.2) is 0 Å². The van der Waals surface area contributed by atoms with Gasteiger partial charge in [0.2, 0.25) is 0 Å². The number of nitrogens with zero attached hydrogens (tertiary/aromatic N) is 1. The van der Waals surface area contributed by atoms with Crippen molar-refractivity contribution >= 4 is 37.8 Å². The Morgan fingerprint density at radius 2 is 1.86 bits per heavy atom. The van der Waals surface area contributed by atoms with Crippen LogP contribution in [0.1, 0.15) is 28.3 Å². The number of likely N-dealkylation sites (tertiary alicyclic amines) is 1. The lowest BCUT2D eigenvalue weighted by Crippen LogP contribution is -2.28. The van der Waals surface area contributed by atoms with Crippen LogP contribution in [0, 0.1) is 0 Å². The number of carbonyl (C=O) groups excluding carboxylic acids is 1. The van der Waals surface area contributed by atoms with E-state index in [0.29, 0.717) is 5.92 Å². The van der Waals surface area contributed by atoms with E-state index < -0.39 is 0 Å². The first-order valence-corrected chi connectivity index (χ1v) is 8.53. The van der Waals surface area contributed by atoms with Crippen molar-refractivity contribution in [2.75, 3.05) is 13.1 Å². The molecule has 0 spiro atoms. The van der Waals surface area contributed by atoms with Crippen molar-refractivity contribution in [3.05, 3.63) is 68.6 Å². The van der Waals surface area contributed by atoms with E-state index in [9.17, 15) is 4.79 Å². The van der Waals surface area contributed by atoms with Gasteiger partial charge >= 0.3 is 0 Å². The molecule has 0 saturated carbocycles. The van der Waals surface area contributed by atoms with Gasteiger partial charge in [-0.1, -0.05) is 46.3 Å². The fraction of sp³-hybridized carbons (Fsp3) is 0.235. The smallest absolute Gasteiger partial charge is 0.255 e. The fourth-order valence-electron chi connectivity index (χ4n) is 2.77. The summed E-state index contributed by atoms with van der Waals surface area (Å²) in [5.74, 6) is 0.544. The lowest BCUT2D eigenvalue weighted by molar-refractivity contribution is 0.0790. The molecule has 0 N–H and O–H groups in total. The third kappa shape index (κ3) is 3.22. The Kier molecular flexibility index (Phi) is 4.45. The van der Waals surface area contributed by atoms with E-state index in [1.165, 1.54) is 5.56 Å². The molecule has 2 nitrogen and oxygen atoms in total. The van der Waals surface area contributed by atoms with Crippen LogP contribution in [0.3, 0.4) is 0 Å². The van der Waals surface area contributed by atoms with Crippen LogP contribution in [0.4, 0.5) is 0 Å². The first kappa shape index (κ1) is 14.8. The van der Waals surface area contributed by atoms with Gasteiger partial charge in [0, 0.05) is 28.0 Å². The molecule has 1 unspecified atom stereocenters. The summed E-state index contributed by atoms with van der Waals surface area (Å²) in [7, 11) is 0. The van der Waals surface area contributed by atoms with E-state index in [0.717, 1.165) is 34.0 Å². The van der Waals surface area contributed by atoms with Gasteiger partial charge in [-0.05, 0) is 46.1 Å². The molecule has 1 aliphatic rings. The van der Waals surface area contributed by atoms with Crippen LogP contribution in [0.15, 0.2) is 57.5 Å². The highest BCUT2D eigenvalue weighted by molar-refractivity contribution is 9.11. The van der Waals surface area contributed by atoms with Crippen LogP contribution in [-0.4, -0.2) is 23.9 Å². The second-order valence-corrected chi connectivity index (χ2v) is 7.04. The third-order valence-electron chi connectivity index (χ3n) is 3.91. The topological polar surface area (TPSA) is 20.3 Å². The Morgan fingerprint density at radius 1 is 1.10 bits per heavy atom. The van der Waals surface area contributed by atoms with E-state index in [2.05, 4.69) is 56.1 Å². The third-order valence-corrected chi connectivity index (χ3v) is 5.09. The van der Waals surface area contributed by atoms with Crippen LogP contribution in [0.5, 0.6) is 0 Å². The quantitative estimate of drug-likeness (QED) is 0.696. The SMILES string of the molecule is O=C(c1cc(Br)ccc1Br)N1CCC(c2ccccc2)C1. The van der Waals surface area contributed by atoms with Gasteiger partial charge in [0.1, 0.15) is 0 Å². The minimum absolute atomic E-state index is 0.0987. The van der Waals surface area contributed by atoms with Crippen LogP contribution in [0.2, 0.25) is 0 Å². The zero-order chi connectivity index (χ0) is 14.8. The normalized spacial score (nSPS) is 18.0. The van der Waals surface area contributed by atoms with Crippen molar-refractivity contribution in [3.63, 3.8) is 0 Å². The average molecular weight is 409 g/mol. The summed E-state index contributed by atoms with van der Waals surface area (Å²) in [5, 5.41) is 0. The molecule has 1 heterocycles. The standard InChI is InChI=1S/C17H15Br2NO/c18-14-6-7-16(19)15(10-14)17(21)20-9-8-13(11-20)12-4-2-1-3-5-12/h1-7,10,13H,8-9,11H2. The Bertz CT molecular complexity index is 657. The van der Waals surface area contributed by atoms with Gasteiger partial charge in [-0.3, -0.25) is 4.79 Å². The molecule has 1 aliphatic heterocycles. The largest absolute Gasteiger partial charge is 0.338 e. The molecule has 108 valence electrons. The first-order valence-electron chi connectivity index (χ1n) is 6.94. The molecule has 0 aliphatic carbocycles. The van der Waals surface area contributed by atoms with Crippen molar-refractivity contribution in [2.24, 2.45) is 0 Å². The van der Waals surface area contributed by atoms with E-state index in [1.807, 2.05) is 29.2 Å². The molecule has 21 heavy (non-hydrogen) atoms. The van der Waals surface area contributed by atoms with E-state index in [4.69, 9.17) is 0 Å². The molecule has 3 rings (SSSR count). The van der Waals surface area contributed by atoms with Crippen molar-refractivity contribution in [3.8, 4) is 0 Å². The predicted molar refractivity (Wildman–Crippen MR) is 91.5 cm³/mol. The summed E-state index contributed by atoms with van der Waals surface area (Å²) < 4.78 is 1.77. The summed E-state index contributed by atoms with van der Waals surface area (Å²) in [6.07, 6.45) is 1.03. The monoisotopic (exact) mass is 407 g/mol. The van der Waals surface area contributed by atoms with Crippen LogP contribution in [-0.2, 0) is 0 Å². The summed E-state index contributed by atoms with van der Waals surface area (Å²) in [6.45, 7) is 1.61. The minimum atomic E-state index is 0.0987. The lowest BCUT2D eigenvalue weighted by Gasteiger charge is -2.18. The van der Waals surface area contributed by atoms with E-state index >= 15 is 0 Å². The second kappa shape index (κ2) is 6.32. The summed E-state index contributed by atoms with van der Waals surface area (Å²) in [6, 6.07) is 16.2. The zero-order valence-electron chi connectivity index (χ0n) is 11.4. The van der Waals surface area contributed by atoms with Gasteiger partial charge in [-0.2, -0.15) is 0 Å². The number of benzene rings is 2. The van der Waals surface area contributed by atoms with Gasteiger partial charge in [0.05, 0.1) is 5.56 Å². The number of rotatable bonds is 2. The highest BCUT2D eigenvalue weighted by atomic mass is 79.9. The number of carbonyl (C=O) groups is 1. The van der Waals surface area contributed by atoms with Crippen LogP contribution in [0.25, 0.3) is 0 Å². The molecule has 1 fully saturated rings. The molecular formula is C17H15Br2NO. The van der Waals surface area contributed by atoms with Crippen molar-refractivity contribution in [2.45, 2.75) is 12.3 Å². The molecule has 0 bridgehead atoms. The molecule has 1 amide bonds. The molecule has 1 saturated heterocycles. The number of hydrogen-bond acceptors (Lipinski definition) is 1. The van der Waals surface area contributed by atoms with Crippen LogP contribution < -0.4 is 0 Å². The number of amides is 1. The van der Waals surface area contributed by atoms with Crippen molar-refractivity contribution in [1.82, 2.24) is 4.90 Å². The maximum absolute atomic E-state index is 12.7. The molecule has 2 aromatic carbocycles. The summed E-state index contributed by atoms with van der Waals surface area (Å²) >= 11 is 6.90. The Morgan fingerprint density at radius 3 is 2.62 bits per heavy atom. The van der Waals surface area contributed by atoms with Gasteiger partial charge < -0.3 is 4.90 Å². The van der Waals surface area contributed by atoms with Gasteiger partial charge in [0.25, 0.3) is 5.91 Å². The van der Waals surface area contributed by atoms with Crippen molar-refractivity contribution < 1.29 is 4.79 Å². The van der Waals surface area contributed by atoms with Gasteiger partial charge in [-0.25, -0.2) is 0 Å². The summed E-state index contributed by atoms with van der Waals surface area (Å²) in [5.41, 5.74) is 2.04. The lowest BCUT2D eigenvalue weighted by atomic mass is 9.99. The Hall–Kier alpha value is -1.13. The molecule has 0 aromatic heterocycles.